The predicted octanol–water partition coefficient (Wildman–Crippen LogP) is 3.62. The number of methoxy groups -OCH3 is 1. The lowest BCUT2D eigenvalue weighted by Crippen LogP contribution is -2.12. The van der Waals surface area contributed by atoms with E-state index in [0.29, 0.717) is 22.8 Å². The first-order valence-corrected chi connectivity index (χ1v) is 7.29. The molecule has 0 saturated heterocycles. The minimum Gasteiger partial charge on any atom is -0.506 e. The summed E-state index contributed by atoms with van der Waals surface area (Å²) in [5.41, 5.74) is 2.01. The number of hydrogen-bond acceptors (Lipinski definition) is 5. The monoisotopic (exact) mass is 324 g/mol. The average Bonchev–Trinajstić information content (AvgIpc) is 3.07. The summed E-state index contributed by atoms with van der Waals surface area (Å²) in [6.07, 6.45) is 0. The molecule has 0 spiro atoms. The maximum absolute atomic E-state index is 12.3. The Labute approximate surface area is 138 Å². The molecule has 0 aliphatic heterocycles. The molecule has 1 heterocycles. The van der Waals surface area contributed by atoms with Crippen molar-refractivity contribution < 1.29 is 19.2 Å². The van der Waals surface area contributed by atoms with Gasteiger partial charge in [-0.25, -0.2) is 0 Å². The number of nitrogens with one attached hydrogen (secondary N) is 1. The van der Waals surface area contributed by atoms with Gasteiger partial charge in [-0.05, 0) is 36.8 Å². The third-order valence-electron chi connectivity index (χ3n) is 3.52. The fourth-order valence-electron chi connectivity index (χ4n) is 2.29. The number of phenolic OH excluding ortho intramolecular Hbond substituents is 1. The summed E-state index contributed by atoms with van der Waals surface area (Å²) in [7, 11) is 1.56. The highest BCUT2D eigenvalue weighted by Gasteiger charge is 2.17. The van der Waals surface area contributed by atoms with E-state index in [4.69, 9.17) is 9.26 Å². The van der Waals surface area contributed by atoms with E-state index in [1.165, 1.54) is 6.07 Å². The molecular formula is C18H16N2O4. The van der Waals surface area contributed by atoms with Crippen LogP contribution in [0.4, 0.5) is 5.69 Å². The maximum atomic E-state index is 12.3. The van der Waals surface area contributed by atoms with Crippen molar-refractivity contribution in [3.63, 3.8) is 0 Å². The number of para-hydroxylation sites is 1. The van der Waals surface area contributed by atoms with Crippen molar-refractivity contribution in [1.82, 2.24) is 5.16 Å². The Balaban J connectivity index is 1.83. The summed E-state index contributed by atoms with van der Waals surface area (Å²) in [4.78, 5) is 12.3. The average molecular weight is 324 g/mol. The largest absolute Gasteiger partial charge is 0.506 e. The molecule has 0 aliphatic carbocycles. The van der Waals surface area contributed by atoms with Gasteiger partial charge in [-0.3, -0.25) is 4.79 Å². The van der Waals surface area contributed by atoms with Crippen molar-refractivity contribution in [3.05, 3.63) is 59.8 Å². The van der Waals surface area contributed by atoms with Gasteiger partial charge in [-0.15, -0.1) is 0 Å². The number of phenols is 1. The number of benzene rings is 2. The Morgan fingerprint density at radius 1 is 1.21 bits per heavy atom. The number of aryl methyl sites for hydroxylation is 1. The van der Waals surface area contributed by atoms with Crippen LogP contribution in [0.2, 0.25) is 0 Å². The van der Waals surface area contributed by atoms with Crippen LogP contribution in [0, 0.1) is 6.92 Å². The van der Waals surface area contributed by atoms with Gasteiger partial charge in [0.15, 0.2) is 11.5 Å². The second-order valence-corrected chi connectivity index (χ2v) is 5.25. The zero-order chi connectivity index (χ0) is 17.1. The molecule has 2 aromatic carbocycles. The Morgan fingerprint density at radius 3 is 2.75 bits per heavy atom. The molecule has 6 nitrogen and oxygen atoms in total. The number of hydrogen-bond donors (Lipinski definition) is 2. The molecule has 0 radical (unpaired) electrons. The van der Waals surface area contributed by atoms with Gasteiger partial charge in [-0.2, -0.15) is 0 Å². The topological polar surface area (TPSA) is 84.6 Å². The number of carbonyl (C=O) groups is 1. The van der Waals surface area contributed by atoms with Crippen LogP contribution in [0.25, 0.3) is 11.3 Å². The van der Waals surface area contributed by atoms with Gasteiger partial charge in [0.2, 0.25) is 0 Å². The second-order valence-electron chi connectivity index (χ2n) is 5.25. The van der Waals surface area contributed by atoms with E-state index in [-0.39, 0.29) is 11.4 Å². The molecule has 122 valence electrons. The Bertz CT molecular complexity index is 886. The lowest BCUT2D eigenvalue weighted by Gasteiger charge is -2.06. The van der Waals surface area contributed by atoms with Crippen molar-refractivity contribution in [1.29, 1.82) is 0 Å². The molecule has 1 aromatic heterocycles. The van der Waals surface area contributed by atoms with Crippen LogP contribution in [-0.2, 0) is 0 Å². The van der Waals surface area contributed by atoms with Crippen LogP contribution in [0.5, 0.6) is 11.5 Å². The molecule has 0 unspecified atom stereocenters. The first-order valence-electron chi connectivity index (χ1n) is 7.29. The minimum atomic E-state index is -0.473. The minimum absolute atomic E-state index is 0.00297. The predicted molar refractivity (Wildman–Crippen MR) is 89.3 cm³/mol. The van der Waals surface area contributed by atoms with Crippen LogP contribution in [-0.4, -0.2) is 23.3 Å². The molecule has 0 atom stereocenters. The van der Waals surface area contributed by atoms with Gasteiger partial charge >= 0.3 is 0 Å². The number of anilines is 1. The van der Waals surface area contributed by atoms with Gasteiger partial charge in [0.1, 0.15) is 11.5 Å². The number of ether oxygens (including phenoxy) is 1. The zero-order valence-corrected chi connectivity index (χ0v) is 13.2. The molecule has 24 heavy (non-hydrogen) atoms. The van der Waals surface area contributed by atoms with Crippen LogP contribution in [0.15, 0.2) is 53.1 Å². The molecular weight excluding hydrogens is 308 g/mol. The molecule has 6 heteroatoms. The van der Waals surface area contributed by atoms with Gasteiger partial charge < -0.3 is 19.7 Å². The van der Waals surface area contributed by atoms with Crippen molar-refractivity contribution in [2.45, 2.75) is 6.92 Å². The van der Waals surface area contributed by atoms with E-state index in [9.17, 15) is 9.90 Å². The molecule has 1 amide bonds. The highest BCUT2D eigenvalue weighted by molar-refractivity contribution is 6.04. The molecule has 2 N–H and O–H groups in total. The molecule has 0 aliphatic rings. The van der Waals surface area contributed by atoms with Crippen molar-refractivity contribution in [2.24, 2.45) is 0 Å². The van der Waals surface area contributed by atoms with E-state index in [1.807, 2.05) is 25.1 Å². The normalized spacial score (nSPS) is 10.4. The first kappa shape index (κ1) is 15.6. The summed E-state index contributed by atoms with van der Waals surface area (Å²) in [6.45, 7) is 1.85. The molecule has 0 fully saturated rings. The molecule has 3 rings (SSSR count). The maximum Gasteiger partial charge on any atom is 0.277 e. The van der Waals surface area contributed by atoms with Gasteiger partial charge in [0.25, 0.3) is 5.91 Å². The number of carbonyl (C=O) groups excluding carboxylic acids is 1. The quantitative estimate of drug-likeness (QED) is 0.716. The van der Waals surface area contributed by atoms with E-state index in [2.05, 4.69) is 10.5 Å². The lowest BCUT2D eigenvalue weighted by atomic mass is 10.1. The van der Waals surface area contributed by atoms with Crippen LogP contribution < -0.4 is 10.1 Å². The van der Waals surface area contributed by atoms with Gasteiger partial charge in [0, 0.05) is 6.07 Å². The number of aromatic hydroxyl groups is 1. The van der Waals surface area contributed by atoms with Crippen molar-refractivity contribution in [2.75, 3.05) is 12.4 Å². The third kappa shape index (κ3) is 3.08. The van der Waals surface area contributed by atoms with Gasteiger partial charge in [0.05, 0.1) is 18.4 Å². The number of amides is 1. The Morgan fingerprint density at radius 2 is 2.00 bits per heavy atom. The summed E-state index contributed by atoms with van der Waals surface area (Å²) < 4.78 is 10.5. The standard InChI is InChI=1S/C18H16N2O4/c1-11-7-8-13(15(21)9-11)19-18(22)14-10-17(24-20-14)12-5-3-4-6-16(12)23-2/h3-10,21H,1-2H3,(H,19,22). The number of rotatable bonds is 4. The highest BCUT2D eigenvalue weighted by Crippen LogP contribution is 2.30. The van der Waals surface area contributed by atoms with E-state index in [1.54, 1.807) is 31.4 Å². The smallest absolute Gasteiger partial charge is 0.277 e. The molecule has 3 aromatic rings. The Kier molecular flexibility index (Phi) is 4.20. The SMILES string of the molecule is COc1ccccc1-c1cc(C(=O)Nc2ccc(C)cc2O)no1. The summed E-state index contributed by atoms with van der Waals surface area (Å²) in [5.74, 6) is 0.568. The lowest BCUT2D eigenvalue weighted by molar-refractivity contribution is 0.101. The van der Waals surface area contributed by atoms with E-state index in [0.717, 1.165) is 5.56 Å². The van der Waals surface area contributed by atoms with Crippen molar-refractivity contribution in [3.8, 4) is 22.8 Å². The van der Waals surface area contributed by atoms with Crippen LogP contribution in [0.1, 0.15) is 16.1 Å². The summed E-state index contributed by atoms with van der Waals surface area (Å²) in [5, 5.41) is 16.3. The summed E-state index contributed by atoms with van der Waals surface area (Å²) >= 11 is 0. The Hall–Kier alpha value is -3.28. The number of aromatic nitrogens is 1. The van der Waals surface area contributed by atoms with Crippen LogP contribution in [0.3, 0.4) is 0 Å². The molecule has 0 bridgehead atoms. The highest BCUT2D eigenvalue weighted by atomic mass is 16.5. The first-order chi connectivity index (χ1) is 11.6. The fourth-order valence-corrected chi connectivity index (χ4v) is 2.29. The second kappa shape index (κ2) is 6.45. The summed E-state index contributed by atoms with van der Waals surface area (Å²) in [6, 6.07) is 13.8. The van der Waals surface area contributed by atoms with Crippen LogP contribution >= 0.6 is 0 Å². The van der Waals surface area contributed by atoms with E-state index >= 15 is 0 Å². The van der Waals surface area contributed by atoms with E-state index < -0.39 is 5.91 Å². The molecule has 0 saturated carbocycles. The third-order valence-corrected chi connectivity index (χ3v) is 3.52. The van der Waals surface area contributed by atoms with Gasteiger partial charge in [-0.1, -0.05) is 23.4 Å². The zero-order valence-electron chi connectivity index (χ0n) is 13.2. The number of nitrogens with zero attached hydrogens (tertiary/aromatic N) is 1. The fraction of sp³-hybridized carbons (Fsp3) is 0.111. The van der Waals surface area contributed by atoms with Crippen molar-refractivity contribution >= 4 is 11.6 Å².